The van der Waals surface area contributed by atoms with Gasteiger partial charge >= 0.3 is 6.18 Å². The van der Waals surface area contributed by atoms with Gasteiger partial charge in [-0.2, -0.15) is 17.7 Å². The molecular weight excluding hydrogens is 433 g/mol. The number of nitrogens with two attached hydrogens (primary N) is 1. The number of amides is 1. The summed E-state index contributed by atoms with van der Waals surface area (Å²) in [6.45, 7) is 0.366. The number of halogens is 4. The van der Waals surface area contributed by atoms with Gasteiger partial charge < -0.3 is 16.2 Å². The Kier molecular flexibility index (Phi) is 6.94. The van der Waals surface area contributed by atoms with Crippen LogP contribution in [0.2, 0.25) is 5.02 Å². The number of hydrogen-bond donors (Lipinski definition) is 4. The van der Waals surface area contributed by atoms with Gasteiger partial charge in [0, 0.05) is 22.8 Å². The van der Waals surface area contributed by atoms with Gasteiger partial charge in [-0.05, 0) is 42.8 Å². The Morgan fingerprint density at radius 1 is 1.24 bits per heavy atom. The van der Waals surface area contributed by atoms with Crippen molar-refractivity contribution in [3.8, 4) is 0 Å². The molecule has 0 aliphatic carbocycles. The molecule has 2 rings (SSSR count). The van der Waals surface area contributed by atoms with Crippen molar-refractivity contribution in [2.45, 2.75) is 31.1 Å². The molecule has 2 aromatic carbocycles. The fraction of sp³-hybridized carbons (Fsp3) is 0.278. The van der Waals surface area contributed by atoms with E-state index in [1.54, 1.807) is 0 Å². The maximum Gasteiger partial charge on any atom is 0.416 e. The fourth-order valence-corrected chi connectivity index (χ4v) is 4.01. The number of benzene rings is 2. The largest absolute Gasteiger partial charge is 0.416 e. The van der Waals surface area contributed by atoms with Gasteiger partial charge in [0.15, 0.2) is 4.90 Å². The van der Waals surface area contributed by atoms with Crippen molar-refractivity contribution in [3.63, 3.8) is 0 Å². The van der Waals surface area contributed by atoms with E-state index >= 15 is 0 Å². The highest BCUT2D eigenvalue weighted by atomic mass is 35.5. The molecule has 0 saturated heterocycles. The molecule has 1 unspecified atom stereocenters. The Morgan fingerprint density at radius 2 is 1.90 bits per heavy atom. The van der Waals surface area contributed by atoms with Crippen molar-refractivity contribution in [3.05, 3.63) is 57.6 Å². The molecule has 1 atom stereocenters. The molecule has 29 heavy (non-hydrogen) atoms. The van der Waals surface area contributed by atoms with Crippen LogP contribution in [0.3, 0.4) is 0 Å². The van der Waals surface area contributed by atoms with Crippen molar-refractivity contribution in [1.29, 1.82) is 0 Å². The molecule has 6 nitrogen and oxygen atoms in total. The SMILES string of the molecule is CC[S+](=O)(O)c1ccc(Cl)cc1CNC(=O)c1cc(C(F)(F)F)c(CO)cc1N. The van der Waals surface area contributed by atoms with Crippen LogP contribution in [0, 0.1) is 0 Å². The van der Waals surface area contributed by atoms with Crippen LogP contribution in [0.1, 0.15) is 34.0 Å². The van der Waals surface area contributed by atoms with E-state index in [0.29, 0.717) is 6.07 Å². The molecule has 11 heteroatoms. The normalized spacial score (nSPS) is 13.8. The number of rotatable bonds is 6. The van der Waals surface area contributed by atoms with Crippen LogP contribution in [-0.4, -0.2) is 21.3 Å². The number of hydrogen-bond acceptors (Lipinski definition) is 4. The van der Waals surface area contributed by atoms with E-state index in [-0.39, 0.29) is 33.5 Å². The number of anilines is 1. The lowest BCUT2D eigenvalue weighted by Gasteiger charge is -2.16. The summed E-state index contributed by atoms with van der Waals surface area (Å²) in [5, 5.41) is 11.8. The van der Waals surface area contributed by atoms with Gasteiger partial charge in [-0.15, -0.1) is 0 Å². The molecule has 5 N–H and O–H groups in total. The minimum atomic E-state index is -4.79. The highest BCUT2D eigenvalue weighted by Gasteiger charge is 2.35. The lowest BCUT2D eigenvalue weighted by Crippen LogP contribution is -2.26. The zero-order valence-corrected chi connectivity index (χ0v) is 16.8. The molecular formula is C18H19ClF3N2O4S+. The second kappa shape index (κ2) is 8.70. The van der Waals surface area contributed by atoms with Crippen molar-refractivity contribution < 1.29 is 31.8 Å². The van der Waals surface area contributed by atoms with Crippen LogP contribution < -0.4 is 11.1 Å². The maximum absolute atomic E-state index is 13.2. The summed E-state index contributed by atoms with van der Waals surface area (Å²) in [5.41, 5.74) is 3.63. The van der Waals surface area contributed by atoms with Gasteiger partial charge in [0.2, 0.25) is 10.2 Å². The van der Waals surface area contributed by atoms with Crippen LogP contribution in [-0.2, 0) is 33.8 Å². The number of nitrogens with one attached hydrogen (secondary N) is 1. The minimum absolute atomic E-state index is 0.0694. The Morgan fingerprint density at radius 3 is 2.45 bits per heavy atom. The first-order valence-electron chi connectivity index (χ1n) is 8.32. The smallest absolute Gasteiger partial charge is 0.398 e. The van der Waals surface area contributed by atoms with E-state index in [1.165, 1.54) is 25.1 Å². The van der Waals surface area contributed by atoms with Crippen LogP contribution in [0.25, 0.3) is 0 Å². The van der Waals surface area contributed by atoms with Crippen molar-refractivity contribution in [2.75, 3.05) is 11.5 Å². The zero-order chi connectivity index (χ0) is 22.0. The average molecular weight is 452 g/mol. The third kappa shape index (κ3) is 5.27. The van der Waals surface area contributed by atoms with Gasteiger partial charge in [0.1, 0.15) is 5.75 Å². The molecule has 2 aromatic rings. The molecule has 0 bridgehead atoms. The lowest BCUT2D eigenvalue weighted by atomic mass is 10.0. The summed E-state index contributed by atoms with van der Waals surface area (Å²) in [7, 11) is -3.36. The lowest BCUT2D eigenvalue weighted by molar-refractivity contribution is -0.138. The summed E-state index contributed by atoms with van der Waals surface area (Å²) in [5.74, 6) is -0.982. The van der Waals surface area contributed by atoms with Crippen molar-refractivity contribution in [2.24, 2.45) is 0 Å². The predicted molar refractivity (Wildman–Crippen MR) is 104 cm³/mol. The average Bonchev–Trinajstić information content (AvgIpc) is 2.64. The third-order valence-electron chi connectivity index (χ3n) is 4.19. The van der Waals surface area contributed by atoms with E-state index in [9.17, 15) is 26.7 Å². The van der Waals surface area contributed by atoms with Crippen molar-refractivity contribution in [1.82, 2.24) is 5.32 Å². The molecule has 0 heterocycles. The second-order valence-corrected chi connectivity index (χ2v) is 8.85. The molecule has 0 saturated carbocycles. The Hall–Kier alpha value is -2.14. The Balaban J connectivity index is 2.36. The fourth-order valence-electron chi connectivity index (χ4n) is 2.68. The van der Waals surface area contributed by atoms with Crippen LogP contribution in [0.4, 0.5) is 18.9 Å². The van der Waals surface area contributed by atoms with Gasteiger partial charge in [-0.1, -0.05) is 15.8 Å². The highest BCUT2D eigenvalue weighted by Crippen LogP contribution is 2.34. The molecule has 158 valence electrons. The minimum Gasteiger partial charge on any atom is -0.398 e. The first-order chi connectivity index (χ1) is 13.4. The summed E-state index contributed by atoms with van der Waals surface area (Å²) < 4.78 is 61.9. The third-order valence-corrected chi connectivity index (χ3v) is 6.30. The molecule has 0 radical (unpaired) electrons. The summed E-state index contributed by atoms with van der Waals surface area (Å²) in [6, 6.07) is 5.63. The quantitative estimate of drug-likeness (QED) is 0.395. The van der Waals surface area contributed by atoms with Crippen LogP contribution in [0.15, 0.2) is 35.2 Å². The number of alkyl halides is 3. The number of carbonyl (C=O) groups excluding carboxylic acids is 1. The second-order valence-electron chi connectivity index (χ2n) is 6.12. The van der Waals surface area contributed by atoms with Crippen LogP contribution in [0.5, 0.6) is 0 Å². The maximum atomic E-state index is 13.2. The first kappa shape index (κ1) is 23.1. The Bertz CT molecular complexity index is 982. The Labute approximate surface area is 171 Å². The van der Waals surface area contributed by atoms with E-state index in [4.69, 9.17) is 22.4 Å². The molecule has 0 aromatic heterocycles. The number of aliphatic hydroxyl groups excluding tert-OH is 1. The van der Waals surface area contributed by atoms with Crippen LogP contribution >= 0.6 is 11.6 Å². The molecule has 1 amide bonds. The summed E-state index contributed by atoms with van der Waals surface area (Å²) in [6.07, 6.45) is -4.79. The topological polar surface area (TPSA) is 113 Å². The van der Waals surface area contributed by atoms with Gasteiger partial charge in [0.05, 0.1) is 17.7 Å². The number of nitrogen functional groups attached to an aromatic ring is 1. The summed E-state index contributed by atoms with van der Waals surface area (Å²) >= 11 is 5.92. The highest BCUT2D eigenvalue weighted by molar-refractivity contribution is 7.97. The molecule has 0 spiro atoms. The molecule has 0 aliphatic rings. The van der Waals surface area contributed by atoms with Gasteiger partial charge in [-0.3, -0.25) is 4.79 Å². The first-order valence-corrected chi connectivity index (χ1v) is 10.4. The van der Waals surface area contributed by atoms with E-state index < -0.39 is 45.6 Å². The van der Waals surface area contributed by atoms with E-state index in [1.807, 2.05) is 0 Å². The zero-order valence-electron chi connectivity index (χ0n) is 15.2. The predicted octanol–water partition coefficient (Wildman–Crippen LogP) is 3.71. The molecule has 0 fully saturated rings. The van der Waals surface area contributed by atoms with E-state index in [0.717, 1.165) is 6.07 Å². The summed E-state index contributed by atoms with van der Waals surface area (Å²) in [4.78, 5) is 12.5. The number of aliphatic hydroxyl groups is 1. The molecule has 0 aliphatic heterocycles. The monoisotopic (exact) mass is 451 g/mol. The number of carbonyl (C=O) groups is 1. The van der Waals surface area contributed by atoms with E-state index in [2.05, 4.69) is 5.32 Å². The van der Waals surface area contributed by atoms with Crippen molar-refractivity contribution >= 4 is 33.4 Å². The van der Waals surface area contributed by atoms with Gasteiger partial charge in [-0.25, -0.2) is 0 Å². The van der Waals surface area contributed by atoms with Gasteiger partial charge in [0.25, 0.3) is 5.91 Å². The standard InChI is InChI=1S/C18H18ClF3N2O4S/c1-2-29(27,28)16-4-3-12(19)5-10(16)8-24-17(26)13-7-14(18(20,21)22)11(9-25)6-15(13)23/h3-7,25H,2,8-9H2,1H3,(H3-,23,24,26,27,28)/p+1.